The Hall–Kier alpha value is -3.65. The lowest BCUT2D eigenvalue weighted by molar-refractivity contribution is -0.119. The summed E-state index contributed by atoms with van der Waals surface area (Å²) in [6.45, 7) is 5.95. The first-order valence-corrected chi connectivity index (χ1v) is 12.4. The maximum Gasteiger partial charge on any atom is 0.264 e. The second-order valence-corrected chi connectivity index (χ2v) is 9.68. The first-order chi connectivity index (χ1) is 16.3. The van der Waals surface area contributed by atoms with Crippen molar-refractivity contribution in [2.24, 2.45) is 5.10 Å². The number of carbonyl (C=O) groups is 1. The molecule has 0 saturated carbocycles. The average Bonchev–Trinajstić information content (AvgIpc) is 2.83. The molecule has 1 amide bonds. The van der Waals surface area contributed by atoms with Gasteiger partial charge in [0.05, 0.1) is 23.4 Å². The third-order valence-corrected chi connectivity index (χ3v) is 6.81. The van der Waals surface area contributed by atoms with E-state index in [1.165, 1.54) is 6.21 Å². The molecule has 0 aliphatic heterocycles. The van der Waals surface area contributed by atoms with Crippen LogP contribution >= 0.6 is 0 Å². The highest BCUT2D eigenvalue weighted by Crippen LogP contribution is 2.26. The monoisotopic (exact) mass is 479 g/mol. The molecule has 0 unspecified atom stereocenters. The van der Waals surface area contributed by atoms with Crippen molar-refractivity contribution >= 4 is 27.8 Å². The third-order valence-electron chi connectivity index (χ3n) is 5.04. The number of ether oxygens (including phenoxy) is 1. The summed E-state index contributed by atoms with van der Waals surface area (Å²) in [7, 11) is -3.97. The predicted molar refractivity (Wildman–Crippen MR) is 135 cm³/mol. The van der Waals surface area contributed by atoms with Crippen LogP contribution in [0.1, 0.15) is 30.0 Å². The number of carbonyl (C=O) groups excluding carboxylic acids is 1. The van der Waals surface area contributed by atoms with Crippen molar-refractivity contribution in [2.75, 3.05) is 17.5 Å². The molecule has 3 aromatic carbocycles. The summed E-state index contributed by atoms with van der Waals surface area (Å²) in [6.07, 6.45) is 2.42. The molecule has 178 valence electrons. The first kappa shape index (κ1) is 25.0. The zero-order chi connectivity index (χ0) is 24.6. The average molecular weight is 480 g/mol. The standard InChI is InChI=1S/C26H29N3O4S/c1-4-17-33-23-13-11-22(12-14-23)18-27-28-26(30)19-29(25-8-6-5-7-21(25)3)34(31,32)24-15-9-20(2)10-16-24/h5-16,18H,4,17,19H2,1-3H3,(H,28,30)/b27-18-. The topological polar surface area (TPSA) is 88.1 Å². The Morgan fingerprint density at radius 2 is 1.68 bits per heavy atom. The summed E-state index contributed by atoms with van der Waals surface area (Å²) < 4.78 is 33.5. The molecule has 0 aliphatic carbocycles. The molecule has 0 spiro atoms. The quantitative estimate of drug-likeness (QED) is 0.344. The Balaban J connectivity index is 1.76. The number of rotatable bonds is 10. The van der Waals surface area contributed by atoms with Gasteiger partial charge in [-0.3, -0.25) is 9.10 Å². The van der Waals surface area contributed by atoms with Crippen LogP contribution in [0.15, 0.2) is 82.8 Å². The van der Waals surface area contributed by atoms with E-state index < -0.39 is 22.5 Å². The van der Waals surface area contributed by atoms with E-state index >= 15 is 0 Å². The van der Waals surface area contributed by atoms with E-state index in [1.807, 2.05) is 44.2 Å². The van der Waals surface area contributed by atoms with E-state index in [9.17, 15) is 13.2 Å². The lowest BCUT2D eigenvalue weighted by Gasteiger charge is -2.25. The van der Waals surface area contributed by atoms with Gasteiger partial charge in [-0.05, 0) is 73.9 Å². The normalized spacial score (nSPS) is 11.4. The van der Waals surface area contributed by atoms with Crippen LogP contribution in [0, 0.1) is 13.8 Å². The predicted octanol–water partition coefficient (Wildman–Crippen LogP) is 4.44. The van der Waals surface area contributed by atoms with Crippen LogP contribution in [0.3, 0.4) is 0 Å². The third kappa shape index (κ3) is 6.45. The second-order valence-electron chi connectivity index (χ2n) is 7.82. The van der Waals surface area contributed by atoms with Gasteiger partial charge in [-0.2, -0.15) is 5.10 Å². The number of hydrogen-bond donors (Lipinski definition) is 1. The smallest absolute Gasteiger partial charge is 0.264 e. The maximum atomic E-state index is 13.4. The fourth-order valence-electron chi connectivity index (χ4n) is 3.19. The van der Waals surface area contributed by atoms with E-state index in [-0.39, 0.29) is 4.90 Å². The van der Waals surface area contributed by atoms with E-state index in [0.717, 1.165) is 33.2 Å². The highest BCUT2D eigenvalue weighted by atomic mass is 32.2. The molecule has 1 N–H and O–H groups in total. The number of benzene rings is 3. The van der Waals surface area contributed by atoms with Crippen LogP contribution < -0.4 is 14.5 Å². The van der Waals surface area contributed by atoms with Crippen molar-refractivity contribution in [1.29, 1.82) is 0 Å². The van der Waals surface area contributed by atoms with Crippen molar-refractivity contribution in [1.82, 2.24) is 5.43 Å². The van der Waals surface area contributed by atoms with E-state index in [0.29, 0.717) is 12.3 Å². The van der Waals surface area contributed by atoms with Crippen LogP contribution in [0.2, 0.25) is 0 Å². The molecule has 0 aliphatic rings. The van der Waals surface area contributed by atoms with Crippen molar-refractivity contribution in [2.45, 2.75) is 32.1 Å². The lowest BCUT2D eigenvalue weighted by atomic mass is 10.2. The van der Waals surface area contributed by atoms with Gasteiger partial charge >= 0.3 is 0 Å². The van der Waals surface area contributed by atoms with Crippen LogP contribution in [0.5, 0.6) is 5.75 Å². The van der Waals surface area contributed by atoms with E-state index in [2.05, 4.69) is 10.5 Å². The molecule has 0 bridgehead atoms. The number of para-hydroxylation sites is 1. The minimum atomic E-state index is -3.97. The Labute approximate surface area is 201 Å². The summed E-state index contributed by atoms with van der Waals surface area (Å²) in [6, 6.07) is 20.9. The molecule has 0 aromatic heterocycles. The van der Waals surface area contributed by atoms with Gasteiger partial charge in [-0.1, -0.05) is 42.8 Å². The number of nitrogens with zero attached hydrogens (tertiary/aromatic N) is 2. The summed E-state index contributed by atoms with van der Waals surface area (Å²) in [5.74, 6) is 0.205. The van der Waals surface area contributed by atoms with Crippen LogP contribution in [-0.2, 0) is 14.8 Å². The van der Waals surface area contributed by atoms with Crippen LogP contribution in [0.25, 0.3) is 0 Å². The molecule has 0 heterocycles. The van der Waals surface area contributed by atoms with E-state index in [1.54, 1.807) is 49.4 Å². The molecular formula is C26H29N3O4S. The van der Waals surface area contributed by atoms with Crippen molar-refractivity contribution in [3.05, 3.63) is 89.5 Å². The molecule has 8 heteroatoms. The Kier molecular flexibility index (Phi) is 8.43. The van der Waals surface area contributed by atoms with Crippen molar-refractivity contribution < 1.29 is 17.9 Å². The number of aryl methyl sites for hydroxylation is 2. The van der Waals surface area contributed by atoms with Gasteiger partial charge in [-0.25, -0.2) is 13.8 Å². The van der Waals surface area contributed by atoms with Crippen molar-refractivity contribution in [3.8, 4) is 5.75 Å². The SMILES string of the molecule is CCCOc1ccc(/C=N\NC(=O)CN(c2ccccc2C)S(=O)(=O)c2ccc(C)cc2)cc1. The molecular weight excluding hydrogens is 450 g/mol. The maximum absolute atomic E-state index is 13.4. The largest absolute Gasteiger partial charge is 0.494 e. The van der Waals surface area contributed by atoms with Gasteiger partial charge in [0.15, 0.2) is 0 Å². The first-order valence-electron chi connectivity index (χ1n) is 11.0. The summed E-state index contributed by atoms with van der Waals surface area (Å²) in [5.41, 5.74) is 5.31. The molecule has 34 heavy (non-hydrogen) atoms. The zero-order valence-corrected chi connectivity index (χ0v) is 20.4. The van der Waals surface area contributed by atoms with Gasteiger partial charge < -0.3 is 4.74 Å². The number of sulfonamides is 1. The van der Waals surface area contributed by atoms with Crippen molar-refractivity contribution in [3.63, 3.8) is 0 Å². The molecule has 0 atom stereocenters. The van der Waals surface area contributed by atoms with Crippen LogP contribution in [-0.4, -0.2) is 33.7 Å². The van der Waals surface area contributed by atoms with Gasteiger partial charge in [0.2, 0.25) is 0 Å². The molecule has 7 nitrogen and oxygen atoms in total. The van der Waals surface area contributed by atoms with E-state index in [4.69, 9.17) is 4.74 Å². The Morgan fingerprint density at radius 1 is 1.00 bits per heavy atom. The van der Waals surface area contributed by atoms with Crippen LogP contribution in [0.4, 0.5) is 5.69 Å². The van der Waals surface area contributed by atoms with Gasteiger partial charge in [0, 0.05) is 0 Å². The fourth-order valence-corrected chi connectivity index (χ4v) is 4.68. The number of hydrazone groups is 1. The zero-order valence-electron chi connectivity index (χ0n) is 19.6. The number of amides is 1. The Bertz CT molecular complexity index is 1240. The lowest BCUT2D eigenvalue weighted by Crippen LogP contribution is -2.40. The minimum absolute atomic E-state index is 0.114. The number of nitrogens with one attached hydrogen (secondary N) is 1. The summed E-state index contributed by atoms with van der Waals surface area (Å²) in [4.78, 5) is 12.8. The minimum Gasteiger partial charge on any atom is -0.494 e. The van der Waals surface area contributed by atoms with Gasteiger partial charge in [0.1, 0.15) is 12.3 Å². The fraction of sp³-hybridized carbons (Fsp3) is 0.231. The highest BCUT2D eigenvalue weighted by molar-refractivity contribution is 7.92. The number of anilines is 1. The van der Waals surface area contributed by atoms with Gasteiger partial charge in [0.25, 0.3) is 15.9 Å². The Morgan fingerprint density at radius 3 is 2.32 bits per heavy atom. The number of hydrogen-bond acceptors (Lipinski definition) is 5. The molecule has 0 saturated heterocycles. The highest BCUT2D eigenvalue weighted by Gasteiger charge is 2.28. The second kappa shape index (κ2) is 11.5. The summed E-state index contributed by atoms with van der Waals surface area (Å²) in [5, 5.41) is 3.98. The molecule has 0 radical (unpaired) electrons. The molecule has 0 fully saturated rings. The molecule has 3 aromatic rings. The van der Waals surface area contributed by atoms with Gasteiger partial charge in [-0.15, -0.1) is 0 Å². The molecule has 3 rings (SSSR count). The summed E-state index contributed by atoms with van der Waals surface area (Å²) >= 11 is 0.